The number of benzene rings is 10. The van der Waals surface area contributed by atoms with Gasteiger partial charge in [0.05, 0.1) is 9.79 Å². The van der Waals surface area contributed by atoms with Crippen molar-refractivity contribution in [2.45, 2.75) is 9.79 Å². The second kappa shape index (κ2) is 21.3. The second-order valence-electron chi connectivity index (χ2n) is 18.7. The van der Waals surface area contributed by atoms with Gasteiger partial charge in [0.2, 0.25) is 11.9 Å². The normalized spacial score (nSPS) is 11.8. The summed E-state index contributed by atoms with van der Waals surface area (Å²) in [5.41, 5.74) is 3.20. The van der Waals surface area contributed by atoms with Crippen molar-refractivity contribution in [3.8, 4) is 0 Å². The molecule has 0 atom stereocenters. The minimum absolute atomic E-state index is 0.0686. The lowest BCUT2D eigenvalue weighted by Gasteiger charge is -2.16. The topological polar surface area (TPSA) is 238 Å². The quantitative estimate of drug-likeness (QED) is 0.0390. The molecular weight excluding hydrogens is 1040 g/mol. The number of nitrogens with one attached hydrogen (secondary N) is 6. The summed E-state index contributed by atoms with van der Waals surface area (Å²) in [5.74, 6) is 1.73. The van der Waals surface area contributed by atoms with Crippen LogP contribution < -0.4 is 31.9 Å². The standard InChI is InChI=1S/C62H46N10O6S2/c73-79(74,75)55-35-53(65-59-37-57(63-49-25-19-39-9-1-5-13-45(39)31-49)69-61(71-59)67-51-27-21-41-11-3-7-15-47(41)33-51)29-23-43(55)17-18-44-24-30-54(36-56(44)80(76,77)78)66-60-38-58(64-50-26-20-40-10-2-6-14-46(40)32-50)70-62(72-60)68-52-28-22-42-12-4-8-16-48(42)34-52/h1-38H,(H,73,74,75)(H,76,77,78)(H3,63,65,67,69,71)(H3,64,66,68,70,72)/p-2/b18-17+. The van der Waals surface area contributed by atoms with E-state index in [0.29, 0.717) is 11.6 Å². The molecule has 12 aromatic rings. The zero-order valence-electron chi connectivity index (χ0n) is 42.0. The molecule has 0 aliphatic rings. The lowest BCUT2D eigenvalue weighted by molar-refractivity contribution is 0.460. The van der Waals surface area contributed by atoms with Crippen LogP contribution in [0.3, 0.4) is 0 Å². The van der Waals surface area contributed by atoms with Gasteiger partial charge in [-0.3, -0.25) is 0 Å². The van der Waals surface area contributed by atoms with Crippen molar-refractivity contribution in [1.29, 1.82) is 0 Å². The van der Waals surface area contributed by atoms with E-state index in [1.165, 1.54) is 36.4 Å². The number of hydrogen-bond donors (Lipinski definition) is 6. The molecule has 0 amide bonds. The van der Waals surface area contributed by atoms with Crippen LogP contribution in [0.5, 0.6) is 0 Å². The van der Waals surface area contributed by atoms with Crippen molar-refractivity contribution in [3.05, 3.63) is 230 Å². The maximum absolute atomic E-state index is 12.9. The van der Waals surface area contributed by atoms with Crippen molar-refractivity contribution in [2.24, 2.45) is 0 Å². The fourth-order valence-electron chi connectivity index (χ4n) is 9.29. The van der Waals surface area contributed by atoms with E-state index in [4.69, 9.17) is 19.9 Å². The average molecular weight is 1090 g/mol. The predicted molar refractivity (Wildman–Crippen MR) is 317 cm³/mol. The summed E-state index contributed by atoms with van der Waals surface area (Å²) in [5, 5.41) is 27.8. The van der Waals surface area contributed by atoms with Gasteiger partial charge in [0.15, 0.2) is 0 Å². The molecule has 6 N–H and O–H groups in total. The van der Waals surface area contributed by atoms with Crippen LogP contribution in [0.25, 0.3) is 55.2 Å². The second-order valence-corrected chi connectivity index (χ2v) is 21.4. The first-order valence-corrected chi connectivity index (χ1v) is 27.8. The monoisotopic (exact) mass is 1090 g/mol. The van der Waals surface area contributed by atoms with Crippen LogP contribution in [0, 0.1) is 0 Å². The molecule has 0 fully saturated rings. The minimum Gasteiger partial charge on any atom is -0.744 e. The van der Waals surface area contributed by atoms with Gasteiger partial charge < -0.3 is 41.0 Å². The SMILES string of the molecule is O=S(=O)([O-])c1cc(Nc2cc(Nc3ccc4ccccc4c3)nc(Nc3ccc4ccccc4c3)n2)ccc1/C=C/c1ccc(Nc2cc(Nc3ccc4ccccc4c3)nc(Nc3ccc4ccccc4c3)n2)cc1S(=O)(=O)[O-]. The number of anilines is 12. The highest BCUT2D eigenvalue weighted by atomic mass is 32.2. The Morgan fingerprint density at radius 3 is 0.825 bits per heavy atom. The van der Waals surface area contributed by atoms with E-state index in [9.17, 15) is 25.9 Å². The Balaban J connectivity index is 0.829. The molecule has 0 aliphatic carbocycles. The Bertz CT molecular complexity index is 4170. The molecule has 2 heterocycles. The van der Waals surface area contributed by atoms with Crippen LogP contribution in [0.2, 0.25) is 0 Å². The molecule has 0 aliphatic heterocycles. The molecule has 0 saturated carbocycles. The Labute approximate surface area is 459 Å². The number of nitrogens with zero attached hydrogens (tertiary/aromatic N) is 4. The fraction of sp³-hybridized carbons (Fsp3) is 0. The van der Waals surface area contributed by atoms with E-state index in [0.717, 1.165) is 78.0 Å². The summed E-state index contributed by atoms with van der Waals surface area (Å²) in [7, 11) is -10.3. The van der Waals surface area contributed by atoms with Crippen LogP contribution >= 0.6 is 0 Å². The first-order chi connectivity index (χ1) is 38.8. The molecule has 80 heavy (non-hydrogen) atoms. The van der Waals surface area contributed by atoms with Gasteiger partial charge >= 0.3 is 0 Å². The van der Waals surface area contributed by atoms with Crippen molar-refractivity contribution in [2.75, 3.05) is 31.9 Å². The molecule has 0 spiro atoms. The maximum Gasteiger partial charge on any atom is 0.231 e. The van der Waals surface area contributed by atoms with Crippen LogP contribution in [-0.2, 0) is 20.2 Å². The maximum atomic E-state index is 12.9. The Morgan fingerprint density at radius 1 is 0.287 bits per heavy atom. The molecule has 12 rings (SSSR count). The molecule has 0 unspecified atom stereocenters. The highest BCUT2D eigenvalue weighted by Crippen LogP contribution is 2.33. The van der Waals surface area contributed by atoms with Gasteiger partial charge in [-0.1, -0.05) is 146 Å². The van der Waals surface area contributed by atoms with Crippen molar-refractivity contribution in [3.63, 3.8) is 0 Å². The summed E-state index contributed by atoms with van der Waals surface area (Å²) in [6.07, 6.45) is 2.51. The molecule has 2 aromatic heterocycles. The summed E-state index contributed by atoms with van der Waals surface area (Å²) in [6.45, 7) is 0. The van der Waals surface area contributed by atoms with Gasteiger partial charge in [-0.05, 0) is 127 Å². The van der Waals surface area contributed by atoms with Gasteiger partial charge in [-0.15, -0.1) is 0 Å². The molecule has 16 nitrogen and oxygen atoms in total. The largest absolute Gasteiger partial charge is 0.744 e. The highest BCUT2D eigenvalue weighted by Gasteiger charge is 2.16. The smallest absolute Gasteiger partial charge is 0.231 e. The minimum atomic E-state index is -5.14. The molecule has 0 radical (unpaired) electrons. The van der Waals surface area contributed by atoms with Crippen LogP contribution in [0.1, 0.15) is 11.1 Å². The van der Waals surface area contributed by atoms with E-state index in [-0.39, 0.29) is 46.0 Å². The zero-order valence-corrected chi connectivity index (χ0v) is 43.6. The van der Waals surface area contributed by atoms with Crippen molar-refractivity contribution >= 4 is 145 Å². The lowest BCUT2D eigenvalue weighted by Crippen LogP contribution is -2.06. The Morgan fingerprint density at radius 2 is 0.537 bits per heavy atom. The average Bonchev–Trinajstić information content (AvgIpc) is 3.45. The van der Waals surface area contributed by atoms with E-state index in [2.05, 4.69) is 31.9 Å². The van der Waals surface area contributed by atoms with Crippen LogP contribution in [-0.4, -0.2) is 45.9 Å². The number of rotatable bonds is 16. The van der Waals surface area contributed by atoms with E-state index in [1.807, 2.05) is 170 Å². The van der Waals surface area contributed by atoms with Gasteiger partial charge in [0, 0.05) is 46.3 Å². The zero-order chi connectivity index (χ0) is 54.8. The molecule has 0 saturated heterocycles. The lowest BCUT2D eigenvalue weighted by atomic mass is 10.1. The van der Waals surface area contributed by atoms with Gasteiger partial charge in [0.1, 0.15) is 43.5 Å². The van der Waals surface area contributed by atoms with Gasteiger partial charge in [-0.2, -0.15) is 19.9 Å². The summed E-state index contributed by atoms with van der Waals surface area (Å²) in [6, 6.07) is 66.7. The van der Waals surface area contributed by atoms with Crippen molar-refractivity contribution < 1.29 is 25.9 Å². The highest BCUT2D eigenvalue weighted by molar-refractivity contribution is 7.86. The van der Waals surface area contributed by atoms with E-state index in [1.54, 1.807) is 12.1 Å². The molecule has 18 heteroatoms. The third-order valence-corrected chi connectivity index (χ3v) is 14.8. The third kappa shape index (κ3) is 11.7. The van der Waals surface area contributed by atoms with E-state index < -0.39 is 30.0 Å². The first-order valence-electron chi connectivity index (χ1n) is 25.0. The summed E-state index contributed by atoms with van der Waals surface area (Å²) >= 11 is 0. The molecule has 10 aromatic carbocycles. The van der Waals surface area contributed by atoms with E-state index >= 15 is 0 Å². The summed E-state index contributed by atoms with van der Waals surface area (Å²) < 4.78 is 77.6. The Kier molecular flexibility index (Phi) is 13.5. The molecule has 392 valence electrons. The van der Waals surface area contributed by atoms with Crippen LogP contribution in [0.4, 0.5) is 69.3 Å². The molecule has 0 bridgehead atoms. The summed E-state index contributed by atoms with van der Waals surface area (Å²) in [4.78, 5) is 17.6. The van der Waals surface area contributed by atoms with Crippen molar-refractivity contribution in [1.82, 2.24) is 19.9 Å². The fourth-order valence-corrected chi connectivity index (χ4v) is 10.7. The van der Waals surface area contributed by atoms with Gasteiger partial charge in [-0.25, -0.2) is 16.8 Å². The number of hydrogen-bond acceptors (Lipinski definition) is 16. The number of aromatic nitrogens is 4. The van der Waals surface area contributed by atoms with Gasteiger partial charge in [0.25, 0.3) is 0 Å². The molecular formula is C62H44N10O6S2-2. The first kappa shape index (κ1) is 50.6. The Hall–Kier alpha value is -10.2. The predicted octanol–water partition coefficient (Wildman–Crippen LogP) is 14.3. The third-order valence-electron chi connectivity index (χ3n) is 13.1. The number of fused-ring (bicyclic) bond motifs is 4. The van der Waals surface area contributed by atoms with Crippen LogP contribution in [0.15, 0.2) is 228 Å².